The zero-order chi connectivity index (χ0) is 21.4. The van der Waals surface area contributed by atoms with Crippen LogP contribution < -0.4 is 5.32 Å². The van der Waals surface area contributed by atoms with E-state index in [1.54, 1.807) is 18.3 Å². The van der Waals surface area contributed by atoms with Gasteiger partial charge in [0.2, 0.25) is 0 Å². The maximum absolute atomic E-state index is 14.2. The molecular formula is C25H18FN3O2. The van der Waals surface area contributed by atoms with Crippen molar-refractivity contribution in [3.8, 4) is 0 Å². The number of nitrogens with one attached hydrogen (secondary N) is 1. The molecule has 0 saturated carbocycles. The highest BCUT2D eigenvalue weighted by Crippen LogP contribution is 2.37. The molecule has 4 aromatic rings. The fourth-order valence-electron chi connectivity index (χ4n) is 4.17. The molecule has 0 atom stereocenters. The number of hydrogen-bond acceptors (Lipinski definition) is 3. The maximum Gasteiger partial charge on any atom is 0.325 e. The smallest absolute Gasteiger partial charge is 0.315 e. The molecule has 3 amide bonds. The van der Waals surface area contributed by atoms with Crippen molar-refractivity contribution in [1.82, 2.24) is 15.2 Å². The molecule has 6 heteroatoms. The van der Waals surface area contributed by atoms with Crippen molar-refractivity contribution in [3.05, 3.63) is 114 Å². The summed E-state index contributed by atoms with van der Waals surface area (Å²) in [6, 6.07) is 23.9. The number of rotatable bonds is 4. The zero-order valence-corrected chi connectivity index (χ0v) is 16.5. The second kappa shape index (κ2) is 7.32. The summed E-state index contributed by atoms with van der Waals surface area (Å²) in [6.07, 6.45) is 1.61. The molecule has 0 bridgehead atoms. The Kier molecular flexibility index (Phi) is 4.47. The van der Waals surface area contributed by atoms with Crippen LogP contribution in [0.1, 0.15) is 16.7 Å². The number of aromatic nitrogens is 1. The monoisotopic (exact) mass is 411 g/mol. The summed E-state index contributed by atoms with van der Waals surface area (Å²) in [5.74, 6) is -0.858. The van der Waals surface area contributed by atoms with Crippen LogP contribution >= 0.6 is 0 Å². The minimum Gasteiger partial charge on any atom is -0.315 e. The van der Waals surface area contributed by atoms with Crippen molar-refractivity contribution < 1.29 is 14.0 Å². The number of fused-ring (bicyclic) bond motifs is 1. The first-order chi connectivity index (χ1) is 15.1. The van der Waals surface area contributed by atoms with Gasteiger partial charge in [0.1, 0.15) is 5.82 Å². The van der Waals surface area contributed by atoms with E-state index in [1.807, 2.05) is 60.7 Å². The molecule has 1 aromatic heterocycles. The molecule has 3 aromatic carbocycles. The van der Waals surface area contributed by atoms with Crippen LogP contribution in [0.2, 0.25) is 0 Å². The number of pyridine rings is 1. The van der Waals surface area contributed by atoms with Gasteiger partial charge in [-0.15, -0.1) is 0 Å². The fraction of sp³-hybridized carbons (Fsp3) is 0.0800. The molecular weight excluding hydrogens is 393 g/mol. The summed E-state index contributed by atoms with van der Waals surface area (Å²) in [4.78, 5) is 32.3. The van der Waals surface area contributed by atoms with Crippen LogP contribution in [0.4, 0.5) is 9.18 Å². The molecule has 1 aliphatic rings. The quantitative estimate of drug-likeness (QED) is 0.507. The van der Waals surface area contributed by atoms with E-state index in [9.17, 15) is 14.0 Å². The topological polar surface area (TPSA) is 62.3 Å². The van der Waals surface area contributed by atoms with E-state index in [0.717, 1.165) is 4.90 Å². The molecule has 0 radical (unpaired) electrons. The minimum absolute atomic E-state index is 0.0860. The van der Waals surface area contributed by atoms with Gasteiger partial charge in [0.05, 0.1) is 12.1 Å². The molecule has 5 rings (SSSR count). The molecule has 5 nitrogen and oxygen atoms in total. The van der Waals surface area contributed by atoms with Gasteiger partial charge in [0.15, 0.2) is 5.54 Å². The summed E-state index contributed by atoms with van der Waals surface area (Å²) in [5.41, 5.74) is 0.988. The molecule has 152 valence electrons. The first-order valence-electron chi connectivity index (χ1n) is 9.88. The van der Waals surface area contributed by atoms with E-state index in [-0.39, 0.29) is 6.54 Å². The molecule has 1 aliphatic heterocycles. The lowest BCUT2D eigenvalue weighted by Crippen LogP contribution is -2.45. The Labute approximate surface area is 178 Å². The number of imide groups is 1. The number of nitrogens with zero attached hydrogens (tertiary/aromatic N) is 2. The van der Waals surface area contributed by atoms with Gasteiger partial charge in [-0.3, -0.25) is 14.7 Å². The Morgan fingerprint density at radius 3 is 2.16 bits per heavy atom. The van der Waals surface area contributed by atoms with Crippen LogP contribution in [-0.4, -0.2) is 21.8 Å². The van der Waals surface area contributed by atoms with Crippen molar-refractivity contribution in [2.45, 2.75) is 12.1 Å². The van der Waals surface area contributed by atoms with Crippen molar-refractivity contribution in [3.63, 3.8) is 0 Å². The molecule has 0 unspecified atom stereocenters. The van der Waals surface area contributed by atoms with E-state index in [1.165, 1.54) is 12.1 Å². The highest BCUT2D eigenvalue weighted by molar-refractivity contribution is 6.09. The largest absolute Gasteiger partial charge is 0.325 e. The molecule has 1 N–H and O–H groups in total. The first kappa shape index (κ1) is 18.9. The summed E-state index contributed by atoms with van der Waals surface area (Å²) in [6.45, 7) is -0.0860. The Morgan fingerprint density at radius 2 is 1.52 bits per heavy atom. The fourth-order valence-corrected chi connectivity index (χ4v) is 4.17. The van der Waals surface area contributed by atoms with Crippen molar-refractivity contribution in [2.75, 3.05) is 0 Å². The minimum atomic E-state index is -1.35. The average molecular weight is 411 g/mol. The lowest BCUT2D eigenvalue weighted by molar-refractivity contribution is -0.130. The van der Waals surface area contributed by atoms with Gasteiger partial charge in [0.25, 0.3) is 5.91 Å². The van der Waals surface area contributed by atoms with Crippen LogP contribution in [0.15, 0.2) is 91.1 Å². The highest BCUT2D eigenvalue weighted by atomic mass is 19.1. The molecule has 1 saturated heterocycles. The molecule has 2 heterocycles. The van der Waals surface area contributed by atoms with Crippen LogP contribution in [0, 0.1) is 5.82 Å². The van der Waals surface area contributed by atoms with Crippen LogP contribution in [0.3, 0.4) is 0 Å². The summed E-state index contributed by atoms with van der Waals surface area (Å²) < 4.78 is 14.2. The third kappa shape index (κ3) is 3.04. The van der Waals surface area contributed by atoms with Crippen LogP contribution in [-0.2, 0) is 16.9 Å². The van der Waals surface area contributed by atoms with Crippen LogP contribution in [0.5, 0.6) is 0 Å². The third-order valence-corrected chi connectivity index (χ3v) is 5.60. The van der Waals surface area contributed by atoms with Crippen molar-refractivity contribution >= 4 is 22.8 Å². The Morgan fingerprint density at radius 1 is 0.871 bits per heavy atom. The van der Waals surface area contributed by atoms with Gasteiger partial charge in [-0.05, 0) is 29.3 Å². The molecule has 1 fully saturated rings. The SMILES string of the molecule is O=C1NC(c2ccccc2)(c2ccccc2)C(=O)N1Cc1cc(F)cc2cccnc12. The van der Waals surface area contributed by atoms with E-state index in [4.69, 9.17) is 0 Å². The van der Waals surface area contributed by atoms with E-state index >= 15 is 0 Å². The Bertz CT molecular complexity index is 1250. The highest BCUT2D eigenvalue weighted by Gasteiger charge is 2.53. The second-order valence-electron chi connectivity index (χ2n) is 7.44. The maximum atomic E-state index is 14.2. The molecule has 0 aliphatic carbocycles. The summed E-state index contributed by atoms with van der Waals surface area (Å²) in [5, 5.41) is 3.52. The van der Waals surface area contributed by atoms with Crippen molar-refractivity contribution in [1.29, 1.82) is 0 Å². The number of benzene rings is 3. The predicted octanol–water partition coefficient (Wildman–Crippen LogP) is 4.37. The lowest BCUT2D eigenvalue weighted by atomic mass is 9.82. The lowest BCUT2D eigenvalue weighted by Gasteiger charge is -2.28. The first-order valence-corrected chi connectivity index (χ1v) is 9.88. The summed E-state index contributed by atoms with van der Waals surface area (Å²) >= 11 is 0. The van der Waals surface area contributed by atoms with Gasteiger partial charge in [-0.1, -0.05) is 66.7 Å². The van der Waals surface area contributed by atoms with Gasteiger partial charge in [-0.25, -0.2) is 9.18 Å². The van der Waals surface area contributed by atoms with E-state index in [0.29, 0.717) is 27.6 Å². The van der Waals surface area contributed by atoms with Gasteiger partial charge >= 0.3 is 6.03 Å². The molecule has 31 heavy (non-hydrogen) atoms. The van der Waals surface area contributed by atoms with Gasteiger partial charge < -0.3 is 5.32 Å². The van der Waals surface area contributed by atoms with Gasteiger partial charge in [0, 0.05) is 17.1 Å². The predicted molar refractivity (Wildman–Crippen MR) is 114 cm³/mol. The Hall–Kier alpha value is -4.06. The second-order valence-corrected chi connectivity index (χ2v) is 7.44. The van der Waals surface area contributed by atoms with E-state index in [2.05, 4.69) is 10.3 Å². The zero-order valence-electron chi connectivity index (χ0n) is 16.5. The average Bonchev–Trinajstić information content (AvgIpc) is 3.06. The number of hydrogen-bond donors (Lipinski definition) is 1. The van der Waals surface area contributed by atoms with E-state index < -0.39 is 23.3 Å². The summed E-state index contributed by atoms with van der Waals surface area (Å²) in [7, 11) is 0. The van der Waals surface area contributed by atoms with Crippen molar-refractivity contribution in [2.24, 2.45) is 0 Å². The standard InChI is InChI=1S/C25H18FN3O2/c26-21-14-17-8-7-13-27-22(17)18(15-21)16-29-23(30)25(28-24(29)31,19-9-3-1-4-10-19)20-11-5-2-6-12-20/h1-15H,16H2,(H,28,31). The Balaban J connectivity index is 1.62. The number of halogens is 1. The number of amides is 3. The van der Waals surface area contributed by atoms with Gasteiger partial charge in [-0.2, -0.15) is 0 Å². The number of urea groups is 1. The third-order valence-electron chi connectivity index (χ3n) is 5.60. The number of carbonyl (C=O) groups is 2. The molecule has 0 spiro atoms. The normalized spacial score (nSPS) is 15.3. The van der Waals surface area contributed by atoms with Crippen LogP contribution in [0.25, 0.3) is 10.9 Å². The number of carbonyl (C=O) groups excluding carboxylic acids is 2.